The van der Waals surface area contributed by atoms with Gasteiger partial charge in [-0.2, -0.15) is 0 Å². The van der Waals surface area contributed by atoms with Crippen molar-refractivity contribution >= 4 is 11.3 Å². The lowest BCUT2D eigenvalue weighted by Gasteiger charge is -2.04. The molecule has 0 unspecified atom stereocenters. The summed E-state index contributed by atoms with van der Waals surface area (Å²) in [6.45, 7) is 6.67. The van der Waals surface area contributed by atoms with Crippen LogP contribution in [0.4, 0.5) is 0 Å². The van der Waals surface area contributed by atoms with E-state index in [1.54, 1.807) is 0 Å². The number of aryl methyl sites for hydroxylation is 3. The highest BCUT2D eigenvalue weighted by atomic mass is 32.1. The summed E-state index contributed by atoms with van der Waals surface area (Å²) in [5.41, 5.74) is 4.25. The molecule has 0 bridgehead atoms. The van der Waals surface area contributed by atoms with Crippen LogP contribution in [0.15, 0.2) is 30.3 Å². The SMILES string of the molecule is CCCCCCCc1ccc(-c2cc(C)sc2C)cc1. The molecule has 0 aliphatic heterocycles. The second-order valence-electron chi connectivity index (χ2n) is 5.69. The average Bonchev–Trinajstić information content (AvgIpc) is 2.78. The lowest BCUT2D eigenvalue weighted by atomic mass is 10.0. The van der Waals surface area contributed by atoms with Crippen molar-refractivity contribution in [3.63, 3.8) is 0 Å². The number of benzene rings is 1. The minimum atomic E-state index is 1.23. The molecule has 0 atom stereocenters. The van der Waals surface area contributed by atoms with E-state index < -0.39 is 0 Å². The molecular formula is C19H26S. The Kier molecular flexibility index (Phi) is 5.85. The monoisotopic (exact) mass is 286 g/mol. The summed E-state index contributed by atoms with van der Waals surface area (Å²) in [5.74, 6) is 0. The fourth-order valence-corrected chi connectivity index (χ4v) is 3.65. The van der Waals surface area contributed by atoms with E-state index in [0.717, 1.165) is 0 Å². The van der Waals surface area contributed by atoms with Crippen molar-refractivity contribution in [1.82, 2.24) is 0 Å². The summed E-state index contributed by atoms with van der Waals surface area (Å²) in [6.07, 6.45) is 8.03. The molecular weight excluding hydrogens is 260 g/mol. The summed E-state index contributed by atoms with van der Waals surface area (Å²) < 4.78 is 0. The maximum Gasteiger partial charge on any atom is 0.00954 e. The standard InChI is InChI=1S/C19H26S/c1-4-5-6-7-8-9-17-10-12-18(13-11-17)19-14-15(2)20-16(19)3/h10-14H,4-9H2,1-3H3. The van der Waals surface area contributed by atoms with Crippen LogP contribution in [0.5, 0.6) is 0 Å². The summed E-state index contributed by atoms with van der Waals surface area (Å²) in [6, 6.07) is 11.5. The zero-order valence-corrected chi connectivity index (χ0v) is 13.9. The van der Waals surface area contributed by atoms with E-state index in [0.29, 0.717) is 0 Å². The van der Waals surface area contributed by atoms with Crippen LogP contribution < -0.4 is 0 Å². The summed E-state index contributed by atoms with van der Waals surface area (Å²) >= 11 is 1.89. The Labute approximate surface area is 127 Å². The zero-order valence-electron chi connectivity index (χ0n) is 13.0. The predicted octanol–water partition coefficient (Wildman–Crippen LogP) is 6.54. The number of rotatable bonds is 7. The van der Waals surface area contributed by atoms with Crippen molar-refractivity contribution in [3.05, 3.63) is 45.6 Å². The average molecular weight is 286 g/mol. The molecule has 108 valence electrons. The largest absolute Gasteiger partial charge is 0.145 e. The second-order valence-corrected chi connectivity index (χ2v) is 7.15. The Morgan fingerprint density at radius 1 is 0.900 bits per heavy atom. The lowest BCUT2D eigenvalue weighted by Crippen LogP contribution is -1.86. The van der Waals surface area contributed by atoms with Crippen LogP contribution in [0.3, 0.4) is 0 Å². The van der Waals surface area contributed by atoms with Crippen LogP contribution in [0, 0.1) is 13.8 Å². The van der Waals surface area contributed by atoms with Gasteiger partial charge in [0, 0.05) is 9.75 Å². The number of thiophene rings is 1. The predicted molar refractivity (Wildman–Crippen MR) is 91.7 cm³/mol. The van der Waals surface area contributed by atoms with Crippen molar-refractivity contribution in [3.8, 4) is 11.1 Å². The Morgan fingerprint density at radius 2 is 1.60 bits per heavy atom. The Balaban J connectivity index is 1.91. The number of hydrogen-bond donors (Lipinski definition) is 0. The molecule has 1 aromatic heterocycles. The topological polar surface area (TPSA) is 0 Å². The highest BCUT2D eigenvalue weighted by molar-refractivity contribution is 7.12. The Hall–Kier alpha value is -1.08. The third-order valence-electron chi connectivity index (χ3n) is 3.87. The lowest BCUT2D eigenvalue weighted by molar-refractivity contribution is 0.632. The molecule has 1 heteroatoms. The molecule has 20 heavy (non-hydrogen) atoms. The van der Waals surface area contributed by atoms with Crippen LogP contribution >= 0.6 is 11.3 Å². The molecule has 0 amide bonds. The van der Waals surface area contributed by atoms with Gasteiger partial charge < -0.3 is 0 Å². The Bertz CT molecular complexity index is 519. The molecule has 1 aromatic carbocycles. The normalized spacial score (nSPS) is 10.9. The van der Waals surface area contributed by atoms with Gasteiger partial charge in [0.25, 0.3) is 0 Å². The number of hydrogen-bond acceptors (Lipinski definition) is 1. The molecule has 0 saturated carbocycles. The van der Waals surface area contributed by atoms with Crippen LogP contribution in [0.2, 0.25) is 0 Å². The number of unbranched alkanes of at least 4 members (excludes halogenated alkanes) is 4. The van der Waals surface area contributed by atoms with E-state index in [2.05, 4.69) is 51.1 Å². The minimum Gasteiger partial charge on any atom is -0.145 e. The van der Waals surface area contributed by atoms with E-state index in [-0.39, 0.29) is 0 Å². The van der Waals surface area contributed by atoms with Gasteiger partial charge in [-0.25, -0.2) is 0 Å². The van der Waals surface area contributed by atoms with Gasteiger partial charge in [-0.1, -0.05) is 56.9 Å². The van der Waals surface area contributed by atoms with Crippen molar-refractivity contribution in [1.29, 1.82) is 0 Å². The van der Waals surface area contributed by atoms with Crippen molar-refractivity contribution in [2.75, 3.05) is 0 Å². The minimum absolute atomic E-state index is 1.23. The van der Waals surface area contributed by atoms with Gasteiger partial charge in [0.05, 0.1) is 0 Å². The van der Waals surface area contributed by atoms with E-state index in [1.807, 2.05) is 11.3 Å². The smallest absolute Gasteiger partial charge is 0.00954 e. The molecule has 0 nitrogen and oxygen atoms in total. The van der Waals surface area contributed by atoms with E-state index in [9.17, 15) is 0 Å². The van der Waals surface area contributed by atoms with Gasteiger partial charge in [0.1, 0.15) is 0 Å². The molecule has 0 aliphatic carbocycles. The summed E-state index contributed by atoms with van der Waals surface area (Å²) in [7, 11) is 0. The summed E-state index contributed by atoms with van der Waals surface area (Å²) in [4.78, 5) is 2.83. The van der Waals surface area contributed by atoms with Gasteiger partial charge in [-0.15, -0.1) is 11.3 Å². The van der Waals surface area contributed by atoms with Crippen molar-refractivity contribution < 1.29 is 0 Å². The van der Waals surface area contributed by atoms with Crippen LogP contribution in [-0.4, -0.2) is 0 Å². The first kappa shape index (κ1) is 15.3. The van der Waals surface area contributed by atoms with Gasteiger partial charge >= 0.3 is 0 Å². The maximum atomic E-state index is 2.31. The second kappa shape index (κ2) is 7.64. The highest BCUT2D eigenvalue weighted by Gasteiger charge is 2.05. The fraction of sp³-hybridized carbons (Fsp3) is 0.474. The van der Waals surface area contributed by atoms with Gasteiger partial charge in [0.15, 0.2) is 0 Å². The quantitative estimate of drug-likeness (QED) is 0.507. The molecule has 0 saturated heterocycles. The molecule has 0 fully saturated rings. The Morgan fingerprint density at radius 3 is 2.20 bits per heavy atom. The molecule has 0 spiro atoms. The van der Waals surface area contributed by atoms with Gasteiger partial charge in [-0.05, 0) is 49.4 Å². The van der Waals surface area contributed by atoms with Crippen LogP contribution in [0.1, 0.15) is 54.3 Å². The van der Waals surface area contributed by atoms with Crippen LogP contribution in [0.25, 0.3) is 11.1 Å². The first-order chi connectivity index (χ1) is 9.70. The third-order valence-corrected chi connectivity index (χ3v) is 4.84. The maximum absolute atomic E-state index is 2.31. The van der Waals surface area contributed by atoms with E-state index in [4.69, 9.17) is 0 Å². The molecule has 2 aromatic rings. The van der Waals surface area contributed by atoms with Crippen LogP contribution in [-0.2, 0) is 6.42 Å². The fourth-order valence-electron chi connectivity index (χ4n) is 2.70. The van der Waals surface area contributed by atoms with Gasteiger partial charge in [-0.3, -0.25) is 0 Å². The van der Waals surface area contributed by atoms with E-state index >= 15 is 0 Å². The highest BCUT2D eigenvalue weighted by Crippen LogP contribution is 2.30. The first-order valence-electron chi connectivity index (χ1n) is 7.87. The third kappa shape index (κ3) is 4.21. The zero-order chi connectivity index (χ0) is 14.4. The van der Waals surface area contributed by atoms with E-state index in [1.165, 1.54) is 65.0 Å². The molecule has 0 radical (unpaired) electrons. The van der Waals surface area contributed by atoms with Crippen molar-refractivity contribution in [2.45, 2.75) is 59.3 Å². The molecule has 2 rings (SSSR count). The van der Waals surface area contributed by atoms with Gasteiger partial charge in [0.2, 0.25) is 0 Å². The first-order valence-corrected chi connectivity index (χ1v) is 8.68. The van der Waals surface area contributed by atoms with Crippen molar-refractivity contribution in [2.24, 2.45) is 0 Å². The summed E-state index contributed by atoms with van der Waals surface area (Å²) in [5, 5.41) is 0. The molecule has 0 N–H and O–H groups in total. The molecule has 1 heterocycles. The molecule has 0 aliphatic rings.